The second kappa shape index (κ2) is 8.74. The van der Waals surface area contributed by atoms with E-state index < -0.39 is 0 Å². The van der Waals surface area contributed by atoms with Gasteiger partial charge in [-0.25, -0.2) is 0 Å². The minimum absolute atomic E-state index is 0.0380. The highest BCUT2D eigenvalue weighted by molar-refractivity contribution is 9.10. The van der Waals surface area contributed by atoms with Gasteiger partial charge in [-0.2, -0.15) is 0 Å². The van der Waals surface area contributed by atoms with E-state index in [9.17, 15) is 9.59 Å². The second-order valence-corrected chi connectivity index (χ2v) is 5.67. The fourth-order valence-electron chi connectivity index (χ4n) is 1.92. The van der Waals surface area contributed by atoms with Crippen molar-refractivity contribution in [2.24, 2.45) is 0 Å². The van der Waals surface area contributed by atoms with Crippen LogP contribution in [0.5, 0.6) is 0 Å². The standard InChI is InChI=1S/C15H21BrN2O2/c1-11(13-6-3-4-7-14(13)16)10-15(20)18-9-5-8-17-12(2)19/h3-4,6-7,11H,5,8-10H2,1-2H3,(H,17,19)(H,18,20). The Morgan fingerprint density at radius 3 is 2.50 bits per heavy atom. The van der Waals surface area contributed by atoms with Gasteiger partial charge in [0.2, 0.25) is 11.8 Å². The van der Waals surface area contributed by atoms with Crippen molar-refractivity contribution in [3.05, 3.63) is 34.3 Å². The highest BCUT2D eigenvalue weighted by atomic mass is 79.9. The smallest absolute Gasteiger partial charge is 0.220 e. The molecule has 0 saturated heterocycles. The van der Waals surface area contributed by atoms with Gasteiger partial charge in [0.1, 0.15) is 0 Å². The maximum absolute atomic E-state index is 11.8. The minimum Gasteiger partial charge on any atom is -0.356 e. The van der Waals surface area contributed by atoms with Crippen LogP contribution in [0.25, 0.3) is 0 Å². The van der Waals surface area contributed by atoms with Crippen molar-refractivity contribution in [3.63, 3.8) is 0 Å². The molecule has 0 saturated carbocycles. The summed E-state index contributed by atoms with van der Waals surface area (Å²) in [5.41, 5.74) is 1.14. The molecule has 1 unspecified atom stereocenters. The quantitative estimate of drug-likeness (QED) is 0.749. The summed E-state index contributed by atoms with van der Waals surface area (Å²) in [7, 11) is 0. The van der Waals surface area contributed by atoms with Crippen molar-refractivity contribution in [2.75, 3.05) is 13.1 Å². The number of benzene rings is 1. The van der Waals surface area contributed by atoms with Gasteiger partial charge in [-0.1, -0.05) is 41.1 Å². The Bertz CT molecular complexity index is 463. The highest BCUT2D eigenvalue weighted by Gasteiger charge is 2.13. The van der Waals surface area contributed by atoms with Crippen molar-refractivity contribution >= 4 is 27.7 Å². The topological polar surface area (TPSA) is 58.2 Å². The van der Waals surface area contributed by atoms with Crippen LogP contribution in [0, 0.1) is 0 Å². The molecule has 5 heteroatoms. The van der Waals surface area contributed by atoms with Crippen molar-refractivity contribution < 1.29 is 9.59 Å². The second-order valence-electron chi connectivity index (χ2n) is 4.81. The Morgan fingerprint density at radius 2 is 1.85 bits per heavy atom. The first-order valence-electron chi connectivity index (χ1n) is 6.76. The van der Waals surface area contributed by atoms with Gasteiger partial charge in [0, 0.05) is 30.9 Å². The molecule has 0 spiro atoms. The van der Waals surface area contributed by atoms with E-state index in [1.165, 1.54) is 6.92 Å². The van der Waals surface area contributed by atoms with Gasteiger partial charge >= 0.3 is 0 Å². The molecule has 2 N–H and O–H groups in total. The van der Waals surface area contributed by atoms with Crippen LogP contribution in [-0.4, -0.2) is 24.9 Å². The van der Waals surface area contributed by atoms with Crippen LogP contribution < -0.4 is 10.6 Å². The maximum Gasteiger partial charge on any atom is 0.220 e. The van der Waals surface area contributed by atoms with Crippen LogP contribution in [0.4, 0.5) is 0 Å². The van der Waals surface area contributed by atoms with Gasteiger partial charge < -0.3 is 10.6 Å². The van der Waals surface area contributed by atoms with Crippen LogP contribution in [0.2, 0.25) is 0 Å². The first-order chi connectivity index (χ1) is 9.50. The molecule has 1 rings (SSSR count). The third kappa shape index (κ3) is 6.19. The summed E-state index contributed by atoms with van der Waals surface area (Å²) in [6.07, 6.45) is 1.21. The largest absolute Gasteiger partial charge is 0.356 e. The summed E-state index contributed by atoms with van der Waals surface area (Å²) in [5.74, 6) is 0.163. The van der Waals surface area contributed by atoms with E-state index in [4.69, 9.17) is 0 Å². The molecule has 110 valence electrons. The van der Waals surface area contributed by atoms with Gasteiger partial charge in [-0.05, 0) is 24.0 Å². The fourth-order valence-corrected chi connectivity index (χ4v) is 2.59. The van der Waals surface area contributed by atoms with Crippen LogP contribution in [-0.2, 0) is 9.59 Å². The normalized spacial score (nSPS) is 11.8. The Balaban J connectivity index is 2.28. The summed E-state index contributed by atoms with van der Waals surface area (Å²) in [6, 6.07) is 7.94. The van der Waals surface area contributed by atoms with Crippen LogP contribution in [0.15, 0.2) is 28.7 Å². The Hall–Kier alpha value is -1.36. The molecule has 0 radical (unpaired) electrons. The van der Waals surface area contributed by atoms with Gasteiger partial charge in [0.05, 0.1) is 0 Å². The predicted molar refractivity (Wildman–Crippen MR) is 83.5 cm³/mol. The van der Waals surface area contributed by atoms with Crippen molar-refractivity contribution in [1.82, 2.24) is 10.6 Å². The molecule has 1 aromatic carbocycles. The lowest BCUT2D eigenvalue weighted by Crippen LogP contribution is -2.29. The van der Waals surface area contributed by atoms with Crippen LogP contribution in [0.3, 0.4) is 0 Å². The fraction of sp³-hybridized carbons (Fsp3) is 0.467. The van der Waals surface area contributed by atoms with Gasteiger partial charge in [0.15, 0.2) is 0 Å². The molecule has 2 amide bonds. The van der Waals surface area contributed by atoms with Gasteiger partial charge in [-0.15, -0.1) is 0 Å². The molecule has 1 aromatic rings. The zero-order valence-electron chi connectivity index (χ0n) is 11.9. The number of carbonyl (C=O) groups is 2. The molecular formula is C15H21BrN2O2. The summed E-state index contributed by atoms with van der Waals surface area (Å²) < 4.78 is 1.03. The SMILES string of the molecule is CC(=O)NCCCNC(=O)CC(C)c1ccccc1Br. The third-order valence-electron chi connectivity index (χ3n) is 2.98. The first kappa shape index (κ1) is 16.7. The number of rotatable bonds is 7. The number of amides is 2. The van der Waals surface area contributed by atoms with E-state index in [1.807, 2.05) is 31.2 Å². The van der Waals surface area contributed by atoms with E-state index >= 15 is 0 Å². The third-order valence-corrected chi connectivity index (χ3v) is 3.70. The lowest BCUT2D eigenvalue weighted by molar-refractivity contribution is -0.121. The predicted octanol–water partition coefficient (Wildman–Crippen LogP) is 2.59. The lowest BCUT2D eigenvalue weighted by atomic mass is 9.97. The number of carbonyl (C=O) groups excluding carboxylic acids is 2. The number of halogens is 1. The molecule has 0 aliphatic heterocycles. The monoisotopic (exact) mass is 340 g/mol. The number of hydrogen-bond acceptors (Lipinski definition) is 2. The lowest BCUT2D eigenvalue weighted by Gasteiger charge is -2.13. The Labute approximate surface area is 128 Å². The van der Waals surface area contributed by atoms with Crippen molar-refractivity contribution in [3.8, 4) is 0 Å². The molecule has 20 heavy (non-hydrogen) atoms. The number of hydrogen-bond donors (Lipinski definition) is 2. The first-order valence-corrected chi connectivity index (χ1v) is 7.55. The van der Waals surface area contributed by atoms with Crippen LogP contribution in [0.1, 0.15) is 38.2 Å². The summed E-state index contributed by atoms with van der Waals surface area (Å²) in [5, 5.41) is 5.57. The molecule has 0 fully saturated rings. The number of nitrogens with one attached hydrogen (secondary N) is 2. The van der Waals surface area contributed by atoms with Gasteiger partial charge in [0.25, 0.3) is 0 Å². The summed E-state index contributed by atoms with van der Waals surface area (Å²) >= 11 is 3.50. The Kier molecular flexibility index (Phi) is 7.30. The molecule has 0 aliphatic carbocycles. The zero-order chi connectivity index (χ0) is 15.0. The van der Waals surface area contributed by atoms with Crippen molar-refractivity contribution in [2.45, 2.75) is 32.6 Å². The van der Waals surface area contributed by atoms with E-state index in [-0.39, 0.29) is 17.7 Å². The molecule has 0 aromatic heterocycles. The minimum atomic E-state index is -0.0427. The Morgan fingerprint density at radius 1 is 1.20 bits per heavy atom. The average Bonchev–Trinajstić information content (AvgIpc) is 2.38. The van der Waals surface area contributed by atoms with Crippen LogP contribution >= 0.6 is 15.9 Å². The molecule has 1 atom stereocenters. The summed E-state index contributed by atoms with van der Waals surface area (Å²) in [4.78, 5) is 22.5. The van der Waals surface area contributed by atoms with E-state index in [2.05, 4.69) is 26.6 Å². The highest BCUT2D eigenvalue weighted by Crippen LogP contribution is 2.26. The zero-order valence-corrected chi connectivity index (χ0v) is 13.5. The van der Waals surface area contributed by atoms with E-state index in [0.29, 0.717) is 19.5 Å². The van der Waals surface area contributed by atoms with E-state index in [0.717, 1.165) is 16.5 Å². The molecular weight excluding hydrogens is 320 g/mol. The maximum atomic E-state index is 11.8. The summed E-state index contributed by atoms with van der Waals surface area (Å²) in [6.45, 7) is 4.70. The molecule has 0 heterocycles. The molecule has 0 bridgehead atoms. The molecule has 4 nitrogen and oxygen atoms in total. The molecule has 0 aliphatic rings. The van der Waals surface area contributed by atoms with E-state index in [1.54, 1.807) is 0 Å². The van der Waals surface area contributed by atoms with Crippen molar-refractivity contribution in [1.29, 1.82) is 0 Å². The van der Waals surface area contributed by atoms with Gasteiger partial charge in [-0.3, -0.25) is 9.59 Å². The average molecular weight is 341 g/mol.